The molecule has 0 unspecified atom stereocenters. The van der Waals surface area contributed by atoms with Gasteiger partial charge >= 0.3 is 0 Å². The van der Waals surface area contributed by atoms with Crippen molar-refractivity contribution < 1.29 is 0 Å². The Morgan fingerprint density at radius 1 is 0.422 bits per heavy atom. The molecule has 10 rings (SSSR count). The van der Waals surface area contributed by atoms with Gasteiger partial charge in [0.05, 0.1) is 39.1 Å². The first-order valence-corrected chi connectivity index (χ1v) is 15.3. The van der Waals surface area contributed by atoms with Gasteiger partial charge in [0.25, 0.3) is 0 Å². The zero-order chi connectivity index (χ0) is 29.5. The first-order valence-electron chi connectivity index (χ1n) is 15.3. The molecule has 4 nitrogen and oxygen atoms in total. The molecule has 1 aliphatic rings. The van der Waals surface area contributed by atoms with Gasteiger partial charge in [0.2, 0.25) is 0 Å². The quantitative estimate of drug-likeness (QED) is 0.210. The Morgan fingerprint density at radius 2 is 1.09 bits per heavy atom. The van der Waals surface area contributed by atoms with Gasteiger partial charge < -0.3 is 14.0 Å². The lowest BCUT2D eigenvalue weighted by molar-refractivity contribution is 1.11. The summed E-state index contributed by atoms with van der Waals surface area (Å²) in [5.74, 6) is 0. The Morgan fingerprint density at radius 3 is 1.96 bits per heavy atom. The van der Waals surface area contributed by atoms with E-state index in [1.807, 2.05) is 18.5 Å². The summed E-state index contributed by atoms with van der Waals surface area (Å²) in [6.45, 7) is 0. The van der Waals surface area contributed by atoms with Gasteiger partial charge in [0.15, 0.2) is 0 Å². The fraction of sp³-hybridized carbons (Fsp3) is 0. The first kappa shape index (κ1) is 24.3. The Hall–Kier alpha value is -6.13. The third-order valence-corrected chi connectivity index (χ3v) is 9.28. The lowest BCUT2D eigenvalue weighted by Crippen LogP contribution is -2.18. The highest BCUT2D eigenvalue weighted by Gasteiger charge is 2.30. The molecule has 0 bridgehead atoms. The van der Waals surface area contributed by atoms with Crippen molar-refractivity contribution in [3.05, 3.63) is 158 Å². The number of pyridine rings is 1. The number of fused-ring (bicyclic) bond motifs is 9. The molecule has 0 atom stereocenters. The highest BCUT2D eigenvalue weighted by atomic mass is 15.2. The number of para-hydroxylation sites is 5. The molecular weight excluding hydrogens is 548 g/mol. The second kappa shape index (κ2) is 9.18. The van der Waals surface area contributed by atoms with Crippen molar-refractivity contribution in [3.63, 3.8) is 0 Å². The average Bonchev–Trinajstić information content (AvgIpc) is 3.63. The molecular formula is C41H26N4. The smallest absolute Gasteiger partial charge is 0.0783 e. The van der Waals surface area contributed by atoms with Crippen molar-refractivity contribution in [1.29, 1.82) is 0 Å². The fourth-order valence-electron chi connectivity index (χ4n) is 7.49. The van der Waals surface area contributed by atoms with E-state index in [0.29, 0.717) is 0 Å². The van der Waals surface area contributed by atoms with Gasteiger partial charge in [-0.25, -0.2) is 0 Å². The highest BCUT2D eigenvalue weighted by molar-refractivity contribution is 6.30. The van der Waals surface area contributed by atoms with Crippen molar-refractivity contribution in [3.8, 4) is 22.5 Å². The van der Waals surface area contributed by atoms with Crippen molar-refractivity contribution in [2.45, 2.75) is 0 Å². The van der Waals surface area contributed by atoms with Gasteiger partial charge in [-0.15, -0.1) is 0 Å². The number of hydrogen-bond donors (Lipinski definition) is 0. The Kier molecular flexibility index (Phi) is 4.96. The molecule has 0 saturated carbocycles. The average molecular weight is 575 g/mol. The molecule has 0 amide bonds. The molecule has 0 spiro atoms. The van der Waals surface area contributed by atoms with Crippen LogP contribution in [0, 0.1) is 0 Å². The molecule has 0 saturated heterocycles. The first-order chi connectivity index (χ1) is 22.4. The van der Waals surface area contributed by atoms with E-state index >= 15 is 0 Å². The van der Waals surface area contributed by atoms with Crippen molar-refractivity contribution in [1.82, 2.24) is 14.1 Å². The zero-order valence-corrected chi connectivity index (χ0v) is 24.3. The number of hydrogen-bond acceptors (Lipinski definition) is 2. The summed E-state index contributed by atoms with van der Waals surface area (Å²) in [4.78, 5) is 6.79. The second-order valence-corrected chi connectivity index (χ2v) is 11.7. The van der Waals surface area contributed by atoms with Gasteiger partial charge in [-0.2, -0.15) is 0 Å². The Bertz CT molecular complexity index is 2590. The third-order valence-electron chi connectivity index (χ3n) is 9.28. The maximum atomic E-state index is 4.37. The molecule has 1 aliphatic heterocycles. The molecule has 4 heterocycles. The van der Waals surface area contributed by atoms with Gasteiger partial charge in [0, 0.05) is 50.9 Å². The van der Waals surface area contributed by atoms with Gasteiger partial charge in [-0.3, -0.25) is 4.98 Å². The lowest BCUT2D eigenvalue weighted by atomic mass is 10.0. The summed E-state index contributed by atoms with van der Waals surface area (Å²) in [5, 5.41) is 5.10. The minimum atomic E-state index is 1.11. The number of rotatable bonds is 3. The Balaban J connectivity index is 1.33. The number of benzene rings is 6. The molecule has 0 fully saturated rings. The van der Waals surface area contributed by atoms with Crippen LogP contribution in [0.15, 0.2) is 158 Å². The lowest BCUT2D eigenvalue weighted by Gasteiger charge is -2.33. The number of anilines is 3. The molecule has 0 radical (unpaired) electrons. The van der Waals surface area contributed by atoms with Crippen LogP contribution in [0.25, 0.3) is 66.1 Å². The Labute approximate surface area is 259 Å². The molecule has 210 valence electrons. The van der Waals surface area contributed by atoms with Crippen LogP contribution >= 0.6 is 0 Å². The predicted octanol–water partition coefficient (Wildman–Crippen LogP) is 10.7. The van der Waals surface area contributed by atoms with Crippen LogP contribution in [-0.2, 0) is 0 Å². The number of aromatic nitrogens is 3. The molecule has 45 heavy (non-hydrogen) atoms. The molecule has 6 aromatic carbocycles. The zero-order valence-electron chi connectivity index (χ0n) is 24.3. The van der Waals surface area contributed by atoms with Crippen LogP contribution < -0.4 is 4.90 Å². The summed E-state index contributed by atoms with van der Waals surface area (Å²) >= 11 is 0. The minimum absolute atomic E-state index is 1.11. The molecule has 0 aliphatic carbocycles. The molecule has 3 aromatic heterocycles. The maximum absolute atomic E-state index is 4.37. The summed E-state index contributed by atoms with van der Waals surface area (Å²) < 4.78 is 4.88. The summed E-state index contributed by atoms with van der Waals surface area (Å²) in [5.41, 5.74) is 12.9. The van der Waals surface area contributed by atoms with E-state index < -0.39 is 0 Å². The van der Waals surface area contributed by atoms with Crippen LogP contribution in [0.2, 0.25) is 0 Å². The SMILES string of the molecule is c1ccc(-n2c3ccccc3c3c4c5cccc6c5n(c4ccc32)-c2ccccc2N6c2cccc(-c3cccnc3)c2)cc1. The number of nitrogens with zero attached hydrogens (tertiary/aromatic N) is 4. The monoisotopic (exact) mass is 574 g/mol. The standard InChI is InChI=1S/C41H26N4/c1-2-13-29(14-3-1)43-33-18-5-4-16-31(33)39-36(43)22-23-37-40(39)32-17-9-21-38-41(32)45(37)35-20-7-6-19-34(35)44(38)30-15-8-11-27(25-30)28-12-10-24-42-26-28/h1-26H. The van der Waals surface area contributed by atoms with E-state index in [1.165, 1.54) is 60.7 Å². The maximum Gasteiger partial charge on any atom is 0.0783 e. The largest absolute Gasteiger partial charge is 0.309 e. The molecule has 0 N–H and O–H groups in total. The van der Waals surface area contributed by atoms with Crippen molar-refractivity contribution >= 4 is 60.7 Å². The van der Waals surface area contributed by atoms with Crippen molar-refractivity contribution in [2.75, 3.05) is 4.90 Å². The molecule has 4 heteroatoms. The van der Waals surface area contributed by atoms with Crippen LogP contribution in [0.5, 0.6) is 0 Å². The van der Waals surface area contributed by atoms with Gasteiger partial charge in [-0.05, 0) is 72.3 Å². The van der Waals surface area contributed by atoms with E-state index in [4.69, 9.17) is 0 Å². The van der Waals surface area contributed by atoms with E-state index in [0.717, 1.165) is 22.5 Å². The van der Waals surface area contributed by atoms with Crippen LogP contribution in [-0.4, -0.2) is 14.1 Å². The minimum Gasteiger partial charge on any atom is -0.309 e. The topological polar surface area (TPSA) is 26.0 Å². The van der Waals surface area contributed by atoms with Crippen LogP contribution in [0.3, 0.4) is 0 Å². The van der Waals surface area contributed by atoms with Crippen LogP contribution in [0.1, 0.15) is 0 Å². The summed E-state index contributed by atoms with van der Waals surface area (Å²) in [7, 11) is 0. The van der Waals surface area contributed by atoms with Gasteiger partial charge in [-0.1, -0.05) is 78.9 Å². The predicted molar refractivity (Wildman–Crippen MR) is 187 cm³/mol. The second-order valence-electron chi connectivity index (χ2n) is 11.7. The van der Waals surface area contributed by atoms with Crippen molar-refractivity contribution in [2.24, 2.45) is 0 Å². The van der Waals surface area contributed by atoms with E-state index in [9.17, 15) is 0 Å². The normalized spacial score (nSPS) is 12.4. The summed E-state index contributed by atoms with van der Waals surface area (Å²) in [6, 6.07) is 52.6. The third kappa shape index (κ3) is 3.34. The molecule has 9 aromatic rings. The van der Waals surface area contributed by atoms with Gasteiger partial charge in [0.1, 0.15) is 0 Å². The summed E-state index contributed by atoms with van der Waals surface area (Å²) in [6.07, 6.45) is 3.75. The van der Waals surface area contributed by atoms with Crippen LogP contribution in [0.4, 0.5) is 17.1 Å². The van der Waals surface area contributed by atoms with E-state index in [-0.39, 0.29) is 0 Å². The fourth-order valence-corrected chi connectivity index (χ4v) is 7.49. The highest BCUT2D eigenvalue weighted by Crippen LogP contribution is 2.51. The van der Waals surface area contributed by atoms with E-state index in [2.05, 4.69) is 159 Å². The van der Waals surface area contributed by atoms with E-state index in [1.54, 1.807) is 0 Å².